The maximum atomic E-state index is 13.0. The summed E-state index contributed by atoms with van der Waals surface area (Å²) >= 11 is 0. The van der Waals surface area contributed by atoms with Gasteiger partial charge in [0.2, 0.25) is 15.9 Å². The second-order valence-electron chi connectivity index (χ2n) is 6.43. The van der Waals surface area contributed by atoms with Gasteiger partial charge in [0.15, 0.2) is 0 Å². The first-order chi connectivity index (χ1) is 12.4. The quantitative estimate of drug-likeness (QED) is 0.832. The molecule has 1 heterocycles. The molecule has 1 saturated heterocycles. The molecule has 0 radical (unpaired) electrons. The molecule has 0 saturated carbocycles. The molecule has 26 heavy (non-hydrogen) atoms. The largest absolute Gasteiger partial charge is 0.381 e. The van der Waals surface area contributed by atoms with Gasteiger partial charge in [0.05, 0.1) is 10.3 Å². The Morgan fingerprint density at radius 1 is 1.04 bits per heavy atom. The van der Waals surface area contributed by atoms with Gasteiger partial charge in [-0.05, 0) is 36.1 Å². The second-order valence-corrected chi connectivity index (χ2v) is 7.99. The number of carbonyl (C=O) groups is 1. The SMILES string of the molecule is NS(=O)(=O)c1ccc(CNC(=O)C2(c3ccccc3)CCOCC2)cc1. The molecule has 138 valence electrons. The molecule has 1 aliphatic heterocycles. The van der Waals surface area contributed by atoms with Crippen molar-refractivity contribution in [3.63, 3.8) is 0 Å². The van der Waals surface area contributed by atoms with E-state index in [-0.39, 0.29) is 10.8 Å². The third-order valence-corrected chi connectivity index (χ3v) is 5.74. The maximum absolute atomic E-state index is 13.0. The van der Waals surface area contributed by atoms with Crippen molar-refractivity contribution in [1.29, 1.82) is 0 Å². The van der Waals surface area contributed by atoms with Crippen molar-refractivity contribution < 1.29 is 17.9 Å². The topological polar surface area (TPSA) is 98.5 Å². The Bertz CT molecular complexity index is 858. The highest BCUT2D eigenvalue weighted by atomic mass is 32.2. The molecule has 0 spiro atoms. The summed E-state index contributed by atoms with van der Waals surface area (Å²) in [4.78, 5) is 13.1. The van der Waals surface area contributed by atoms with Crippen LogP contribution in [-0.4, -0.2) is 27.5 Å². The van der Waals surface area contributed by atoms with Gasteiger partial charge >= 0.3 is 0 Å². The number of nitrogens with two attached hydrogens (primary N) is 1. The number of nitrogens with one attached hydrogen (secondary N) is 1. The molecule has 3 N–H and O–H groups in total. The molecule has 0 unspecified atom stereocenters. The fraction of sp³-hybridized carbons (Fsp3) is 0.316. The molecule has 2 aromatic rings. The molecule has 1 amide bonds. The zero-order chi connectivity index (χ0) is 18.6. The van der Waals surface area contributed by atoms with Gasteiger partial charge in [0.25, 0.3) is 0 Å². The standard InChI is InChI=1S/C19H22N2O4S/c20-26(23,24)17-8-6-15(7-9-17)14-21-18(22)19(10-12-25-13-11-19)16-4-2-1-3-5-16/h1-9H,10-14H2,(H,21,22)(H2,20,23,24). The second kappa shape index (κ2) is 7.57. The predicted octanol–water partition coefficient (Wildman–Crippen LogP) is 1.70. The molecule has 6 nitrogen and oxygen atoms in total. The smallest absolute Gasteiger partial charge is 0.238 e. The van der Waals surface area contributed by atoms with E-state index in [1.807, 2.05) is 30.3 Å². The number of carbonyl (C=O) groups excluding carboxylic acids is 1. The van der Waals surface area contributed by atoms with Gasteiger partial charge in [-0.2, -0.15) is 0 Å². The van der Waals surface area contributed by atoms with Crippen LogP contribution in [0.15, 0.2) is 59.5 Å². The van der Waals surface area contributed by atoms with E-state index in [0.29, 0.717) is 32.6 Å². The van der Waals surface area contributed by atoms with Crippen LogP contribution in [0.5, 0.6) is 0 Å². The summed E-state index contributed by atoms with van der Waals surface area (Å²) in [5.41, 5.74) is 1.20. The van der Waals surface area contributed by atoms with Crippen molar-refractivity contribution in [3.05, 3.63) is 65.7 Å². The van der Waals surface area contributed by atoms with Gasteiger partial charge < -0.3 is 10.1 Å². The normalized spacial score (nSPS) is 16.8. The lowest BCUT2D eigenvalue weighted by Gasteiger charge is -2.36. The Morgan fingerprint density at radius 2 is 1.65 bits per heavy atom. The lowest BCUT2D eigenvalue weighted by molar-refractivity contribution is -0.130. The van der Waals surface area contributed by atoms with Crippen molar-refractivity contribution in [2.24, 2.45) is 5.14 Å². The van der Waals surface area contributed by atoms with Gasteiger partial charge in [-0.1, -0.05) is 42.5 Å². The third-order valence-electron chi connectivity index (χ3n) is 4.81. The van der Waals surface area contributed by atoms with E-state index in [1.165, 1.54) is 12.1 Å². The van der Waals surface area contributed by atoms with Crippen LogP contribution >= 0.6 is 0 Å². The van der Waals surface area contributed by atoms with Crippen LogP contribution in [-0.2, 0) is 31.5 Å². The fourth-order valence-electron chi connectivity index (χ4n) is 3.27. The van der Waals surface area contributed by atoms with Crippen LogP contribution < -0.4 is 10.5 Å². The van der Waals surface area contributed by atoms with Crippen molar-refractivity contribution in [1.82, 2.24) is 5.32 Å². The minimum atomic E-state index is -3.72. The summed E-state index contributed by atoms with van der Waals surface area (Å²) in [6.45, 7) is 1.41. The van der Waals surface area contributed by atoms with Gasteiger partial charge in [-0.3, -0.25) is 4.79 Å². The minimum absolute atomic E-state index is 0.0393. The van der Waals surface area contributed by atoms with E-state index in [2.05, 4.69) is 5.32 Å². The van der Waals surface area contributed by atoms with Crippen molar-refractivity contribution in [2.45, 2.75) is 29.7 Å². The van der Waals surface area contributed by atoms with Crippen LogP contribution in [0.4, 0.5) is 0 Å². The van der Waals surface area contributed by atoms with E-state index < -0.39 is 15.4 Å². The monoisotopic (exact) mass is 374 g/mol. The van der Waals surface area contributed by atoms with Crippen molar-refractivity contribution in [3.8, 4) is 0 Å². The van der Waals surface area contributed by atoms with Crippen molar-refractivity contribution in [2.75, 3.05) is 13.2 Å². The Morgan fingerprint density at radius 3 is 2.23 bits per heavy atom. The number of sulfonamides is 1. The summed E-state index contributed by atoms with van der Waals surface area (Å²) in [7, 11) is -3.72. The molecular weight excluding hydrogens is 352 g/mol. The molecule has 0 bridgehead atoms. The molecule has 0 aliphatic carbocycles. The molecule has 3 rings (SSSR count). The number of amides is 1. The number of hydrogen-bond donors (Lipinski definition) is 2. The number of hydrogen-bond acceptors (Lipinski definition) is 4. The highest BCUT2D eigenvalue weighted by Crippen LogP contribution is 2.35. The molecule has 2 aromatic carbocycles. The summed E-state index contributed by atoms with van der Waals surface area (Å²) in [5, 5.41) is 8.09. The van der Waals surface area contributed by atoms with E-state index in [4.69, 9.17) is 9.88 Å². The van der Waals surface area contributed by atoms with E-state index in [0.717, 1.165) is 11.1 Å². The van der Waals surface area contributed by atoms with Gasteiger partial charge in [0.1, 0.15) is 0 Å². The molecule has 0 aromatic heterocycles. The van der Waals surface area contributed by atoms with Crippen molar-refractivity contribution >= 4 is 15.9 Å². The Balaban J connectivity index is 1.75. The van der Waals surface area contributed by atoms with E-state index in [9.17, 15) is 13.2 Å². The highest BCUT2D eigenvalue weighted by Gasteiger charge is 2.41. The highest BCUT2D eigenvalue weighted by molar-refractivity contribution is 7.89. The van der Waals surface area contributed by atoms with Crippen LogP contribution in [0, 0.1) is 0 Å². The lowest BCUT2D eigenvalue weighted by atomic mass is 9.73. The summed E-state index contributed by atoms with van der Waals surface area (Å²) in [6.07, 6.45) is 1.26. The van der Waals surface area contributed by atoms with E-state index >= 15 is 0 Å². The average Bonchev–Trinajstić information content (AvgIpc) is 2.67. The Labute approximate surface area is 153 Å². The number of ether oxygens (including phenoxy) is 1. The van der Waals surface area contributed by atoms with Gasteiger partial charge in [-0.15, -0.1) is 0 Å². The number of benzene rings is 2. The number of rotatable bonds is 5. The molecule has 1 aliphatic rings. The van der Waals surface area contributed by atoms with Crippen LogP contribution in [0.1, 0.15) is 24.0 Å². The Hall–Kier alpha value is -2.22. The molecule has 0 atom stereocenters. The number of primary sulfonamides is 1. The lowest BCUT2D eigenvalue weighted by Crippen LogP contribution is -2.47. The van der Waals surface area contributed by atoms with Gasteiger partial charge in [-0.25, -0.2) is 13.6 Å². The minimum Gasteiger partial charge on any atom is -0.381 e. The first-order valence-corrected chi connectivity index (χ1v) is 10.00. The van der Waals surface area contributed by atoms with Crippen LogP contribution in [0.25, 0.3) is 0 Å². The first-order valence-electron chi connectivity index (χ1n) is 8.45. The predicted molar refractivity (Wildman–Crippen MR) is 97.8 cm³/mol. The average molecular weight is 374 g/mol. The third kappa shape index (κ3) is 3.95. The maximum Gasteiger partial charge on any atom is 0.238 e. The van der Waals surface area contributed by atoms with Crippen LogP contribution in [0.2, 0.25) is 0 Å². The van der Waals surface area contributed by atoms with Gasteiger partial charge in [0, 0.05) is 19.8 Å². The van der Waals surface area contributed by atoms with E-state index in [1.54, 1.807) is 12.1 Å². The molecule has 7 heteroatoms. The molecular formula is C19H22N2O4S. The molecule has 1 fully saturated rings. The zero-order valence-corrected chi connectivity index (χ0v) is 15.2. The summed E-state index contributed by atoms with van der Waals surface area (Å²) in [6, 6.07) is 15.9. The summed E-state index contributed by atoms with van der Waals surface area (Å²) < 4.78 is 28.1. The van der Waals surface area contributed by atoms with Crippen LogP contribution in [0.3, 0.4) is 0 Å². The summed E-state index contributed by atoms with van der Waals surface area (Å²) in [5.74, 6) is -0.0393. The fourth-order valence-corrected chi connectivity index (χ4v) is 3.79. The zero-order valence-electron chi connectivity index (χ0n) is 14.4. The first kappa shape index (κ1) is 18.6. The Kier molecular flexibility index (Phi) is 5.41.